The van der Waals surface area contributed by atoms with Gasteiger partial charge in [0.25, 0.3) is 0 Å². The maximum absolute atomic E-state index is 12.6. The van der Waals surface area contributed by atoms with Crippen LogP contribution < -0.4 is 0 Å². The van der Waals surface area contributed by atoms with Crippen molar-refractivity contribution in [2.75, 3.05) is 7.11 Å². The van der Waals surface area contributed by atoms with Gasteiger partial charge >= 0.3 is 11.9 Å². The lowest BCUT2D eigenvalue weighted by Gasteiger charge is -2.09. The molecule has 1 atom stereocenters. The van der Waals surface area contributed by atoms with Crippen LogP contribution in [0.4, 0.5) is 4.39 Å². The molecule has 0 aliphatic carbocycles. The van der Waals surface area contributed by atoms with Crippen LogP contribution in [0.2, 0.25) is 0 Å². The summed E-state index contributed by atoms with van der Waals surface area (Å²) in [5.74, 6) is -2.63. The summed E-state index contributed by atoms with van der Waals surface area (Å²) in [6, 6.07) is 5.55. The molecule has 0 N–H and O–H groups in total. The summed E-state index contributed by atoms with van der Waals surface area (Å²) in [5.41, 5.74) is 0.650. The van der Waals surface area contributed by atoms with Crippen molar-refractivity contribution in [1.82, 2.24) is 0 Å². The van der Waals surface area contributed by atoms with E-state index >= 15 is 0 Å². The van der Waals surface area contributed by atoms with Crippen LogP contribution >= 0.6 is 0 Å². The summed E-state index contributed by atoms with van der Waals surface area (Å²) in [7, 11) is 1.20. The zero-order chi connectivity index (χ0) is 12.8. The van der Waals surface area contributed by atoms with E-state index in [9.17, 15) is 14.0 Å². The lowest BCUT2D eigenvalue weighted by atomic mass is 10.2. The van der Waals surface area contributed by atoms with Gasteiger partial charge in [-0.3, -0.25) is 9.59 Å². The molecule has 1 rings (SSSR count). The molecule has 0 spiro atoms. The average molecular weight is 240 g/mol. The predicted octanol–water partition coefficient (Wildman–Crippen LogP) is 1.68. The fraction of sp³-hybridized carbons (Fsp3) is 0.333. The maximum atomic E-state index is 12.6. The highest BCUT2D eigenvalue weighted by molar-refractivity contribution is 5.94. The molecule has 0 aliphatic heterocycles. The molecule has 1 aromatic carbocycles. The van der Waals surface area contributed by atoms with Gasteiger partial charge < -0.3 is 9.47 Å². The molecular weight excluding hydrogens is 227 g/mol. The molecule has 0 fully saturated rings. The first-order chi connectivity index (χ1) is 8.04. The zero-order valence-corrected chi connectivity index (χ0v) is 9.60. The molecular formula is C12H13FO4. The molecule has 17 heavy (non-hydrogen) atoms. The van der Waals surface area contributed by atoms with Gasteiger partial charge in [-0.2, -0.15) is 0 Å². The molecule has 0 saturated carbocycles. The molecule has 0 bridgehead atoms. The van der Waals surface area contributed by atoms with Gasteiger partial charge in [-0.1, -0.05) is 12.1 Å². The second kappa shape index (κ2) is 5.98. The minimum Gasteiger partial charge on any atom is -0.468 e. The number of carbonyl (C=O) groups is 2. The Balaban J connectivity index is 2.48. The normalized spacial score (nSPS) is 11.7. The molecule has 0 amide bonds. The van der Waals surface area contributed by atoms with E-state index in [1.165, 1.54) is 38.3 Å². The van der Waals surface area contributed by atoms with Crippen molar-refractivity contribution >= 4 is 11.9 Å². The average Bonchev–Trinajstić information content (AvgIpc) is 2.35. The molecule has 0 aromatic heterocycles. The number of rotatable bonds is 4. The monoisotopic (exact) mass is 240 g/mol. The van der Waals surface area contributed by atoms with E-state index in [4.69, 9.17) is 4.74 Å². The summed E-state index contributed by atoms with van der Waals surface area (Å²) < 4.78 is 21.9. The van der Waals surface area contributed by atoms with Crippen LogP contribution in [0.5, 0.6) is 0 Å². The lowest BCUT2D eigenvalue weighted by Crippen LogP contribution is -2.24. The predicted molar refractivity (Wildman–Crippen MR) is 57.4 cm³/mol. The number of methoxy groups -OCH3 is 1. The minimum absolute atomic E-state index is 0.000444. The number of benzene rings is 1. The molecule has 1 unspecified atom stereocenters. The van der Waals surface area contributed by atoms with Gasteiger partial charge in [-0.05, 0) is 24.6 Å². The SMILES string of the molecule is COC(=O)C(C)C(=O)OCc1ccc(F)cc1. The second-order valence-electron chi connectivity index (χ2n) is 3.48. The van der Waals surface area contributed by atoms with Crippen LogP contribution in [0.25, 0.3) is 0 Å². The highest BCUT2D eigenvalue weighted by Gasteiger charge is 2.23. The van der Waals surface area contributed by atoms with Crippen molar-refractivity contribution in [1.29, 1.82) is 0 Å². The van der Waals surface area contributed by atoms with E-state index < -0.39 is 17.9 Å². The van der Waals surface area contributed by atoms with Gasteiger partial charge in [0.1, 0.15) is 12.4 Å². The summed E-state index contributed by atoms with van der Waals surface area (Å²) in [5, 5.41) is 0. The Hall–Kier alpha value is -1.91. The van der Waals surface area contributed by atoms with Crippen LogP contribution in [0.1, 0.15) is 12.5 Å². The first-order valence-electron chi connectivity index (χ1n) is 5.03. The van der Waals surface area contributed by atoms with Gasteiger partial charge in [0.15, 0.2) is 5.92 Å². The third-order valence-electron chi connectivity index (χ3n) is 2.20. The van der Waals surface area contributed by atoms with E-state index in [2.05, 4.69) is 4.74 Å². The highest BCUT2D eigenvalue weighted by Crippen LogP contribution is 2.07. The van der Waals surface area contributed by atoms with E-state index in [0.717, 1.165) is 0 Å². The molecule has 1 aromatic rings. The smallest absolute Gasteiger partial charge is 0.320 e. The Morgan fingerprint density at radius 1 is 1.24 bits per heavy atom. The number of halogens is 1. The van der Waals surface area contributed by atoms with Gasteiger partial charge in [-0.15, -0.1) is 0 Å². The van der Waals surface area contributed by atoms with Crippen molar-refractivity contribution in [3.8, 4) is 0 Å². The van der Waals surface area contributed by atoms with E-state index in [1.54, 1.807) is 0 Å². The summed E-state index contributed by atoms with van der Waals surface area (Å²) in [6.07, 6.45) is 0. The number of carbonyl (C=O) groups excluding carboxylic acids is 2. The Kier molecular flexibility index (Phi) is 4.63. The molecule has 4 nitrogen and oxygen atoms in total. The summed E-state index contributed by atoms with van der Waals surface area (Å²) >= 11 is 0. The van der Waals surface area contributed by atoms with Crippen LogP contribution in [-0.4, -0.2) is 19.0 Å². The maximum Gasteiger partial charge on any atom is 0.320 e. The number of hydrogen-bond acceptors (Lipinski definition) is 4. The van der Waals surface area contributed by atoms with E-state index in [-0.39, 0.29) is 12.4 Å². The number of ether oxygens (including phenoxy) is 2. The molecule has 0 saturated heterocycles. The first kappa shape index (κ1) is 13.2. The third-order valence-corrected chi connectivity index (χ3v) is 2.20. The van der Waals surface area contributed by atoms with Crippen LogP contribution in [0.15, 0.2) is 24.3 Å². The van der Waals surface area contributed by atoms with E-state index in [1.807, 2.05) is 0 Å². The molecule has 0 radical (unpaired) electrons. The van der Waals surface area contributed by atoms with Crippen molar-refractivity contribution in [2.24, 2.45) is 5.92 Å². The van der Waals surface area contributed by atoms with Gasteiger partial charge in [0.05, 0.1) is 7.11 Å². The fourth-order valence-electron chi connectivity index (χ4n) is 1.13. The molecule has 5 heteroatoms. The highest BCUT2D eigenvalue weighted by atomic mass is 19.1. The van der Waals surface area contributed by atoms with Crippen molar-refractivity contribution in [3.63, 3.8) is 0 Å². The van der Waals surface area contributed by atoms with Crippen molar-refractivity contribution < 1.29 is 23.5 Å². The lowest BCUT2D eigenvalue weighted by molar-refractivity contribution is -0.160. The zero-order valence-electron chi connectivity index (χ0n) is 9.60. The Morgan fingerprint density at radius 2 is 1.82 bits per heavy atom. The molecule has 0 heterocycles. The summed E-state index contributed by atoms with van der Waals surface area (Å²) in [6.45, 7) is 1.40. The molecule has 92 valence electrons. The second-order valence-corrected chi connectivity index (χ2v) is 3.48. The van der Waals surface area contributed by atoms with Gasteiger partial charge in [0.2, 0.25) is 0 Å². The largest absolute Gasteiger partial charge is 0.468 e. The topological polar surface area (TPSA) is 52.6 Å². The Bertz CT molecular complexity index is 399. The van der Waals surface area contributed by atoms with Gasteiger partial charge in [-0.25, -0.2) is 4.39 Å². The molecule has 0 aliphatic rings. The number of esters is 2. The minimum atomic E-state index is -0.958. The van der Waals surface area contributed by atoms with Crippen LogP contribution in [-0.2, 0) is 25.7 Å². The standard InChI is InChI=1S/C12H13FO4/c1-8(11(14)16-2)12(15)17-7-9-3-5-10(13)6-4-9/h3-6,8H,7H2,1-2H3. The van der Waals surface area contributed by atoms with Crippen molar-refractivity contribution in [2.45, 2.75) is 13.5 Å². The van der Waals surface area contributed by atoms with Crippen LogP contribution in [0.3, 0.4) is 0 Å². The van der Waals surface area contributed by atoms with Gasteiger partial charge in [0, 0.05) is 0 Å². The van der Waals surface area contributed by atoms with E-state index in [0.29, 0.717) is 5.56 Å². The fourth-order valence-corrected chi connectivity index (χ4v) is 1.13. The third kappa shape index (κ3) is 3.86. The Labute approximate surface area is 98.3 Å². The van der Waals surface area contributed by atoms with Crippen LogP contribution in [0, 0.1) is 11.7 Å². The first-order valence-corrected chi connectivity index (χ1v) is 5.03. The number of hydrogen-bond donors (Lipinski definition) is 0. The Morgan fingerprint density at radius 3 is 2.35 bits per heavy atom. The summed E-state index contributed by atoms with van der Waals surface area (Å²) in [4.78, 5) is 22.4. The van der Waals surface area contributed by atoms with Crippen molar-refractivity contribution in [3.05, 3.63) is 35.6 Å². The quantitative estimate of drug-likeness (QED) is 0.593.